The van der Waals surface area contributed by atoms with Crippen LogP contribution in [0.2, 0.25) is 0 Å². The van der Waals surface area contributed by atoms with Gasteiger partial charge in [0.15, 0.2) is 0 Å². The molecule has 21 heavy (non-hydrogen) atoms. The minimum absolute atomic E-state index is 0.265. The van der Waals surface area contributed by atoms with Crippen molar-refractivity contribution in [2.24, 2.45) is 0 Å². The fourth-order valence-corrected chi connectivity index (χ4v) is 2.43. The minimum atomic E-state index is -2.20. The van der Waals surface area contributed by atoms with E-state index in [2.05, 4.69) is 4.98 Å². The minimum Gasteiger partial charge on any atom is -0.324 e. The third-order valence-corrected chi connectivity index (χ3v) is 3.76. The Bertz CT molecular complexity index is 846. The summed E-state index contributed by atoms with van der Waals surface area (Å²) in [6.07, 6.45) is 1.47. The number of aryl methyl sites for hydroxylation is 3. The molecular formula is C19H20N2. The first kappa shape index (κ1) is 10.4. The van der Waals surface area contributed by atoms with Gasteiger partial charge in [-0.05, 0) is 31.8 Å². The molecule has 0 unspecified atom stereocenters. The van der Waals surface area contributed by atoms with E-state index in [1.807, 2.05) is 62.4 Å². The van der Waals surface area contributed by atoms with Gasteiger partial charge >= 0.3 is 0 Å². The molecule has 0 saturated heterocycles. The molecule has 0 bridgehead atoms. The van der Waals surface area contributed by atoms with Crippen LogP contribution >= 0.6 is 0 Å². The number of aromatic nitrogens is 2. The van der Waals surface area contributed by atoms with Crippen molar-refractivity contribution >= 4 is 0 Å². The Morgan fingerprint density at radius 2 is 1.81 bits per heavy atom. The van der Waals surface area contributed by atoms with Crippen molar-refractivity contribution in [2.75, 3.05) is 0 Å². The maximum atomic E-state index is 7.82. The lowest BCUT2D eigenvalue weighted by molar-refractivity contribution is 0.775. The first-order chi connectivity index (χ1) is 11.4. The van der Waals surface area contributed by atoms with Crippen LogP contribution in [0, 0.1) is 20.7 Å². The van der Waals surface area contributed by atoms with Crippen LogP contribution in [0.4, 0.5) is 0 Å². The first-order valence-electron chi connectivity index (χ1n) is 8.54. The lowest BCUT2D eigenvalue weighted by atomic mass is 10.1. The molecule has 1 aromatic heterocycles. The highest BCUT2D eigenvalue weighted by atomic mass is 15.1. The van der Waals surface area contributed by atoms with E-state index in [0.29, 0.717) is 12.4 Å². The van der Waals surface area contributed by atoms with Gasteiger partial charge in [0.2, 0.25) is 0 Å². The highest BCUT2D eigenvalue weighted by Gasteiger charge is 2.10. The molecule has 3 aromatic rings. The van der Waals surface area contributed by atoms with Gasteiger partial charge in [-0.2, -0.15) is 0 Å². The van der Waals surface area contributed by atoms with Gasteiger partial charge in [-0.1, -0.05) is 54.1 Å². The molecule has 0 fully saturated rings. The summed E-state index contributed by atoms with van der Waals surface area (Å²) < 4.78 is 25.3. The molecule has 0 amide bonds. The van der Waals surface area contributed by atoms with Crippen LogP contribution in [-0.4, -0.2) is 9.55 Å². The fraction of sp³-hybridized carbons (Fsp3) is 0.211. The van der Waals surface area contributed by atoms with Crippen LogP contribution in [0.15, 0.2) is 54.7 Å². The first-order valence-corrected chi connectivity index (χ1v) is 7.04. The Morgan fingerprint density at radius 3 is 2.52 bits per heavy atom. The SMILES string of the molecule is [2H]C([2H])([2H])c1cnc(-c2ccc(C)cc2)n1Cc1ccccc1C. The molecule has 106 valence electrons. The molecule has 3 rings (SSSR count). The van der Waals surface area contributed by atoms with Crippen molar-refractivity contribution in [2.45, 2.75) is 27.2 Å². The number of rotatable bonds is 3. The quantitative estimate of drug-likeness (QED) is 0.689. The van der Waals surface area contributed by atoms with E-state index in [0.717, 1.165) is 22.3 Å². The standard InChI is InChI=1S/C19H20N2/c1-14-8-10-17(11-9-14)19-20-12-16(3)21(19)13-18-7-5-4-6-15(18)2/h4-12H,13H2,1-3H3/i3D3. The van der Waals surface area contributed by atoms with Crippen LogP contribution < -0.4 is 0 Å². The van der Waals surface area contributed by atoms with Crippen molar-refractivity contribution < 1.29 is 4.11 Å². The molecule has 2 heteroatoms. The summed E-state index contributed by atoms with van der Waals surface area (Å²) in [7, 11) is 0. The van der Waals surface area contributed by atoms with E-state index < -0.39 is 6.85 Å². The van der Waals surface area contributed by atoms with Crippen molar-refractivity contribution in [1.29, 1.82) is 0 Å². The summed E-state index contributed by atoms with van der Waals surface area (Å²) in [5.41, 5.74) is 4.57. The predicted molar refractivity (Wildman–Crippen MR) is 87.4 cm³/mol. The summed E-state index contributed by atoms with van der Waals surface area (Å²) in [5.74, 6) is 0.685. The summed E-state index contributed by atoms with van der Waals surface area (Å²) in [6, 6.07) is 16.0. The molecule has 0 radical (unpaired) electrons. The largest absolute Gasteiger partial charge is 0.324 e. The molecule has 2 aromatic carbocycles. The van der Waals surface area contributed by atoms with Gasteiger partial charge < -0.3 is 4.57 Å². The van der Waals surface area contributed by atoms with Crippen LogP contribution in [-0.2, 0) is 6.54 Å². The van der Waals surface area contributed by atoms with Crippen LogP contribution in [0.3, 0.4) is 0 Å². The zero-order chi connectivity index (χ0) is 17.3. The molecule has 0 aliphatic rings. The molecular weight excluding hydrogens is 256 g/mol. The molecule has 0 atom stereocenters. The van der Waals surface area contributed by atoms with Gasteiger partial charge in [0.1, 0.15) is 5.82 Å². The number of imidazole rings is 1. The van der Waals surface area contributed by atoms with Crippen LogP contribution in [0.1, 0.15) is 26.5 Å². The Labute approximate surface area is 130 Å². The zero-order valence-corrected chi connectivity index (χ0v) is 12.3. The second kappa shape index (κ2) is 5.57. The van der Waals surface area contributed by atoms with E-state index >= 15 is 0 Å². The molecule has 0 spiro atoms. The van der Waals surface area contributed by atoms with Crippen LogP contribution in [0.5, 0.6) is 0 Å². The van der Waals surface area contributed by atoms with E-state index in [-0.39, 0.29) is 5.69 Å². The Kier molecular flexibility index (Phi) is 2.75. The molecule has 0 N–H and O–H groups in total. The number of benzene rings is 2. The lowest BCUT2D eigenvalue weighted by Crippen LogP contribution is -2.05. The zero-order valence-electron chi connectivity index (χ0n) is 15.3. The maximum Gasteiger partial charge on any atom is 0.140 e. The predicted octanol–water partition coefficient (Wildman–Crippen LogP) is 4.52. The van der Waals surface area contributed by atoms with E-state index in [1.165, 1.54) is 6.20 Å². The van der Waals surface area contributed by atoms with Crippen molar-refractivity contribution in [3.63, 3.8) is 0 Å². The van der Waals surface area contributed by atoms with E-state index in [9.17, 15) is 0 Å². The monoisotopic (exact) mass is 279 g/mol. The number of hydrogen-bond donors (Lipinski definition) is 0. The summed E-state index contributed by atoms with van der Waals surface area (Å²) in [6.45, 7) is 2.35. The average Bonchev–Trinajstić information content (AvgIpc) is 2.94. The van der Waals surface area contributed by atoms with Gasteiger partial charge in [0.05, 0.1) is 0 Å². The van der Waals surface area contributed by atoms with E-state index in [4.69, 9.17) is 4.11 Å². The topological polar surface area (TPSA) is 17.8 Å². The molecule has 2 nitrogen and oxygen atoms in total. The van der Waals surface area contributed by atoms with Crippen molar-refractivity contribution in [1.82, 2.24) is 9.55 Å². The van der Waals surface area contributed by atoms with Crippen LogP contribution in [0.25, 0.3) is 11.4 Å². The maximum absolute atomic E-state index is 7.82. The van der Waals surface area contributed by atoms with Gasteiger partial charge in [0.25, 0.3) is 0 Å². The van der Waals surface area contributed by atoms with Crippen molar-refractivity contribution in [3.8, 4) is 11.4 Å². The third-order valence-electron chi connectivity index (χ3n) is 3.76. The fourth-order valence-electron chi connectivity index (χ4n) is 2.43. The smallest absolute Gasteiger partial charge is 0.140 e. The second-order valence-electron chi connectivity index (χ2n) is 5.35. The molecule has 0 aliphatic heterocycles. The molecule has 0 saturated carbocycles. The summed E-state index contributed by atoms with van der Waals surface area (Å²) in [5, 5.41) is 0. The number of nitrogens with zero attached hydrogens (tertiary/aromatic N) is 2. The Morgan fingerprint density at radius 1 is 1.05 bits per heavy atom. The van der Waals surface area contributed by atoms with Gasteiger partial charge in [0, 0.05) is 28.1 Å². The number of hydrogen-bond acceptors (Lipinski definition) is 1. The molecule has 0 aliphatic carbocycles. The Balaban J connectivity index is 2.12. The second-order valence-corrected chi connectivity index (χ2v) is 5.35. The highest BCUT2D eigenvalue weighted by Crippen LogP contribution is 2.22. The van der Waals surface area contributed by atoms with Crippen molar-refractivity contribution in [3.05, 3.63) is 77.1 Å². The third kappa shape index (κ3) is 2.75. The lowest BCUT2D eigenvalue weighted by Gasteiger charge is -2.12. The normalized spacial score (nSPS) is 13.5. The molecule has 1 heterocycles. The van der Waals surface area contributed by atoms with E-state index in [1.54, 1.807) is 4.57 Å². The average molecular weight is 279 g/mol. The van der Waals surface area contributed by atoms with Gasteiger partial charge in [-0.25, -0.2) is 4.98 Å². The summed E-state index contributed by atoms with van der Waals surface area (Å²) >= 11 is 0. The Hall–Kier alpha value is -2.35. The highest BCUT2D eigenvalue weighted by molar-refractivity contribution is 5.57. The van der Waals surface area contributed by atoms with Gasteiger partial charge in [-0.3, -0.25) is 0 Å². The summed E-state index contributed by atoms with van der Waals surface area (Å²) in [4.78, 5) is 4.41. The van der Waals surface area contributed by atoms with Gasteiger partial charge in [-0.15, -0.1) is 0 Å².